The van der Waals surface area contributed by atoms with E-state index in [9.17, 15) is 10.1 Å². The van der Waals surface area contributed by atoms with Crippen molar-refractivity contribution in [2.75, 3.05) is 19.7 Å². The molecule has 2 saturated heterocycles. The molecular formula is C10H18N4O3. The molecule has 2 atom stereocenters. The number of nitro groups is 1. The molecule has 2 unspecified atom stereocenters. The van der Waals surface area contributed by atoms with E-state index in [4.69, 9.17) is 4.74 Å². The van der Waals surface area contributed by atoms with Crippen molar-refractivity contribution in [1.82, 2.24) is 10.2 Å². The van der Waals surface area contributed by atoms with Gasteiger partial charge in [-0.3, -0.25) is 0 Å². The van der Waals surface area contributed by atoms with Gasteiger partial charge in [-0.05, 0) is 26.2 Å². The molecule has 2 rings (SSSR count). The summed E-state index contributed by atoms with van der Waals surface area (Å²) in [4.78, 5) is 12.4. The molecule has 1 N–H and O–H groups in total. The van der Waals surface area contributed by atoms with Crippen LogP contribution in [-0.2, 0) is 4.74 Å². The molecule has 0 saturated carbocycles. The highest BCUT2D eigenvalue weighted by molar-refractivity contribution is 5.80. The maximum absolute atomic E-state index is 10.5. The first-order valence-corrected chi connectivity index (χ1v) is 6.03. The van der Waals surface area contributed by atoms with Gasteiger partial charge in [-0.25, -0.2) is 10.1 Å². The van der Waals surface area contributed by atoms with Crippen molar-refractivity contribution in [3.05, 3.63) is 10.1 Å². The molecule has 7 nitrogen and oxygen atoms in total. The van der Waals surface area contributed by atoms with Crippen molar-refractivity contribution in [1.29, 1.82) is 0 Å². The molecule has 0 aromatic rings. The average molecular weight is 242 g/mol. The van der Waals surface area contributed by atoms with Gasteiger partial charge in [-0.15, -0.1) is 0 Å². The van der Waals surface area contributed by atoms with Gasteiger partial charge in [0.25, 0.3) is 5.96 Å². The van der Waals surface area contributed by atoms with E-state index in [-0.39, 0.29) is 12.1 Å². The van der Waals surface area contributed by atoms with Gasteiger partial charge < -0.3 is 15.0 Å². The van der Waals surface area contributed by atoms with Crippen LogP contribution < -0.4 is 5.32 Å². The Morgan fingerprint density at radius 3 is 3.12 bits per heavy atom. The van der Waals surface area contributed by atoms with Gasteiger partial charge in [0.2, 0.25) is 0 Å². The summed E-state index contributed by atoms with van der Waals surface area (Å²) >= 11 is 0. The third-order valence-corrected chi connectivity index (χ3v) is 3.30. The second kappa shape index (κ2) is 5.31. The highest BCUT2D eigenvalue weighted by Crippen LogP contribution is 2.20. The molecule has 2 heterocycles. The summed E-state index contributed by atoms with van der Waals surface area (Å²) in [6.45, 7) is 4.36. The number of nitrogens with one attached hydrogen (secondary N) is 1. The summed E-state index contributed by atoms with van der Waals surface area (Å²) in [5.41, 5.74) is 0. The van der Waals surface area contributed by atoms with Gasteiger partial charge in [-0.2, -0.15) is 0 Å². The normalized spacial score (nSPS) is 29.1. The van der Waals surface area contributed by atoms with Crippen LogP contribution in [0.3, 0.4) is 0 Å². The van der Waals surface area contributed by atoms with Gasteiger partial charge in [0, 0.05) is 19.7 Å². The smallest absolute Gasteiger partial charge is 0.271 e. The summed E-state index contributed by atoms with van der Waals surface area (Å²) in [5.74, 6) is 0.365. The van der Waals surface area contributed by atoms with Crippen molar-refractivity contribution in [3.63, 3.8) is 0 Å². The lowest BCUT2D eigenvalue weighted by Crippen LogP contribution is -2.54. The van der Waals surface area contributed by atoms with E-state index in [1.54, 1.807) is 0 Å². The number of hydrogen-bond donors (Lipinski definition) is 1. The third kappa shape index (κ3) is 2.85. The Morgan fingerprint density at radius 1 is 1.65 bits per heavy atom. The van der Waals surface area contributed by atoms with Crippen LogP contribution in [0.4, 0.5) is 0 Å². The zero-order valence-electron chi connectivity index (χ0n) is 9.96. The van der Waals surface area contributed by atoms with Crippen molar-refractivity contribution in [2.24, 2.45) is 5.10 Å². The zero-order valence-corrected chi connectivity index (χ0v) is 9.96. The molecule has 0 amide bonds. The summed E-state index contributed by atoms with van der Waals surface area (Å²) in [7, 11) is 0. The molecule has 0 aromatic heterocycles. The lowest BCUT2D eigenvalue weighted by atomic mass is 10.1. The minimum absolute atomic E-state index is 0.129. The Labute approximate surface area is 100.0 Å². The van der Waals surface area contributed by atoms with Crippen molar-refractivity contribution < 1.29 is 9.77 Å². The van der Waals surface area contributed by atoms with E-state index < -0.39 is 5.03 Å². The maximum Gasteiger partial charge on any atom is 0.271 e. The highest BCUT2D eigenvalue weighted by Gasteiger charge is 2.31. The van der Waals surface area contributed by atoms with E-state index in [1.807, 2.05) is 11.8 Å². The fourth-order valence-electron chi connectivity index (χ4n) is 2.41. The molecule has 2 aliphatic rings. The Bertz CT molecular complexity index is 315. The molecule has 0 bridgehead atoms. The van der Waals surface area contributed by atoms with E-state index in [1.165, 1.54) is 0 Å². The predicted molar refractivity (Wildman–Crippen MR) is 62.2 cm³/mol. The number of ether oxygens (including phenoxy) is 1. The van der Waals surface area contributed by atoms with E-state index >= 15 is 0 Å². The minimum atomic E-state index is -0.650. The van der Waals surface area contributed by atoms with Crippen LogP contribution in [0.2, 0.25) is 0 Å². The number of rotatable bonds is 3. The molecular weight excluding hydrogens is 224 g/mol. The number of hydrazone groups is 1. The van der Waals surface area contributed by atoms with Crippen LogP contribution in [-0.4, -0.2) is 47.7 Å². The average Bonchev–Trinajstić information content (AvgIpc) is 2.81. The first-order valence-electron chi connectivity index (χ1n) is 6.03. The van der Waals surface area contributed by atoms with Crippen LogP contribution in [0.25, 0.3) is 0 Å². The Kier molecular flexibility index (Phi) is 3.78. The van der Waals surface area contributed by atoms with Crippen molar-refractivity contribution in [3.8, 4) is 0 Å². The van der Waals surface area contributed by atoms with Crippen LogP contribution in [0, 0.1) is 10.1 Å². The van der Waals surface area contributed by atoms with E-state index in [0.717, 1.165) is 39.0 Å². The topological polar surface area (TPSA) is 80.0 Å². The molecule has 0 aromatic carbocycles. The second-order valence-corrected chi connectivity index (χ2v) is 4.43. The molecule has 0 spiro atoms. The summed E-state index contributed by atoms with van der Waals surface area (Å²) in [6, 6.07) is 0.129. The number of nitrogens with zero attached hydrogens (tertiary/aromatic N) is 3. The molecule has 2 fully saturated rings. The molecule has 0 aliphatic carbocycles. The van der Waals surface area contributed by atoms with Gasteiger partial charge in [0.15, 0.2) is 5.03 Å². The van der Waals surface area contributed by atoms with Crippen LogP contribution in [0.1, 0.15) is 26.2 Å². The Morgan fingerprint density at radius 2 is 2.47 bits per heavy atom. The lowest BCUT2D eigenvalue weighted by molar-refractivity contribution is -0.486. The second-order valence-electron chi connectivity index (χ2n) is 4.43. The Hall–Kier alpha value is -1.37. The quantitative estimate of drug-likeness (QED) is 0.572. The van der Waals surface area contributed by atoms with Gasteiger partial charge >= 0.3 is 0 Å². The summed E-state index contributed by atoms with van der Waals surface area (Å²) < 4.78 is 5.63. The first kappa shape index (κ1) is 12.1. The number of guanidine groups is 1. The van der Waals surface area contributed by atoms with Crippen molar-refractivity contribution in [2.45, 2.75) is 38.3 Å². The van der Waals surface area contributed by atoms with E-state index in [0.29, 0.717) is 5.96 Å². The standard InChI is InChI=1S/C10H18N4O3/c1-8(9-4-2-7-17-9)13-6-3-5-11-10(13)12-14(15)16/h8-9H,2-7H2,1H3,(H,11,12). The van der Waals surface area contributed by atoms with Gasteiger partial charge in [-0.1, -0.05) is 0 Å². The summed E-state index contributed by atoms with van der Waals surface area (Å²) in [6.07, 6.45) is 3.21. The van der Waals surface area contributed by atoms with E-state index in [2.05, 4.69) is 10.4 Å². The molecule has 17 heavy (non-hydrogen) atoms. The zero-order chi connectivity index (χ0) is 12.3. The monoisotopic (exact) mass is 242 g/mol. The first-order chi connectivity index (χ1) is 8.18. The third-order valence-electron chi connectivity index (χ3n) is 3.30. The van der Waals surface area contributed by atoms with Crippen LogP contribution >= 0.6 is 0 Å². The van der Waals surface area contributed by atoms with Gasteiger partial charge in [0.05, 0.1) is 12.1 Å². The SMILES string of the molecule is CC(C1CCCO1)N1CCCNC1=N[N+](=O)[O-]. The predicted octanol–water partition coefficient (Wildman–Crippen LogP) is 0.397. The molecule has 7 heteroatoms. The molecule has 96 valence electrons. The van der Waals surface area contributed by atoms with Crippen LogP contribution in [0.5, 0.6) is 0 Å². The highest BCUT2D eigenvalue weighted by atomic mass is 16.7. The van der Waals surface area contributed by atoms with Gasteiger partial charge in [0.1, 0.15) is 5.10 Å². The number of hydrogen-bond acceptors (Lipinski definition) is 3. The maximum atomic E-state index is 10.5. The largest absolute Gasteiger partial charge is 0.376 e. The molecule has 0 radical (unpaired) electrons. The fraction of sp³-hybridized carbons (Fsp3) is 0.900. The minimum Gasteiger partial charge on any atom is -0.376 e. The van der Waals surface area contributed by atoms with Crippen LogP contribution in [0.15, 0.2) is 5.10 Å². The molecule has 2 aliphatic heterocycles. The van der Waals surface area contributed by atoms with Crippen molar-refractivity contribution >= 4 is 5.96 Å². The lowest BCUT2D eigenvalue weighted by Gasteiger charge is -2.36. The fourth-order valence-corrected chi connectivity index (χ4v) is 2.41. The summed E-state index contributed by atoms with van der Waals surface area (Å²) in [5, 5.41) is 16.2. The Balaban J connectivity index is 2.07.